The van der Waals surface area contributed by atoms with Crippen LogP contribution in [0.3, 0.4) is 0 Å². The fourth-order valence-electron chi connectivity index (χ4n) is 1.85. The van der Waals surface area contributed by atoms with E-state index in [0.717, 1.165) is 0 Å². The molecular weight excluding hydrogens is 202 g/mol. The van der Waals surface area contributed by atoms with Crippen LogP contribution in [0.5, 0.6) is 0 Å². The van der Waals surface area contributed by atoms with Crippen LogP contribution < -0.4 is 5.32 Å². The van der Waals surface area contributed by atoms with Crippen molar-refractivity contribution in [3.63, 3.8) is 0 Å². The monoisotopic (exact) mass is 221 g/mol. The molecule has 0 unspecified atom stereocenters. The van der Waals surface area contributed by atoms with Crippen LogP contribution in [0.1, 0.15) is 31.7 Å². The standard InChI is InChI=1S/C13H19NS/c1-10(2)11-3-5-12(6-4-11)14-13-7-8-15-9-13/h3-6,10,13-14H,7-9H2,1-2H3/t13-/m0/s1. The molecule has 1 aromatic carbocycles. The molecule has 1 fully saturated rings. The molecule has 0 amide bonds. The smallest absolute Gasteiger partial charge is 0.0359 e. The second kappa shape index (κ2) is 4.93. The van der Waals surface area contributed by atoms with E-state index in [0.29, 0.717) is 12.0 Å². The van der Waals surface area contributed by atoms with Crippen LogP contribution in [0.4, 0.5) is 5.69 Å². The van der Waals surface area contributed by atoms with Crippen molar-refractivity contribution >= 4 is 17.4 Å². The lowest BCUT2D eigenvalue weighted by Crippen LogP contribution is -2.17. The highest BCUT2D eigenvalue weighted by atomic mass is 32.2. The van der Waals surface area contributed by atoms with Gasteiger partial charge in [0.2, 0.25) is 0 Å². The zero-order chi connectivity index (χ0) is 10.7. The highest BCUT2D eigenvalue weighted by Crippen LogP contribution is 2.22. The van der Waals surface area contributed by atoms with Crippen molar-refractivity contribution in [2.75, 3.05) is 16.8 Å². The van der Waals surface area contributed by atoms with E-state index in [1.165, 1.54) is 29.2 Å². The first-order chi connectivity index (χ1) is 7.25. The van der Waals surface area contributed by atoms with E-state index in [-0.39, 0.29) is 0 Å². The fraction of sp³-hybridized carbons (Fsp3) is 0.538. The first-order valence-electron chi connectivity index (χ1n) is 5.70. The van der Waals surface area contributed by atoms with E-state index >= 15 is 0 Å². The van der Waals surface area contributed by atoms with Crippen molar-refractivity contribution in [1.29, 1.82) is 0 Å². The summed E-state index contributed by atoms with van der Waals surface area (Å²) in [4.78, 5) is 0. The molecule has 15 heavy (non-hydrogen) atoms. The first-order valence-corrected chi connectivity index (χ1v) is 6.85. The normalized spacial score (nSPS) is 20.9. The molecule has 1 N–H and O–H groups in total. The van der Waals surface area contributed by atoms with Gasteiger partial charge in [-0.2, -0.15) is 11.8 Å². The summed E-state index contributed by atoms with van der Waals surface area (Å²) < 4.78 is 0. The Labute approximate surface area is 96.7 Å². The average molecular weight is 221 g/mol. The molecule has 0 radical (unpaired) electrons. The number of hydrogen-bond acceptors (Lipinski definition) is 2. The van der Waals surface area contributed by atoms with Gasteiger partial charge in [0, 0.05) is 17.5 Å². The molecule has 2 heteroatoms. The minimum Gasteiger partial charge on any atom is -0.381 e. The first kappa shape index (κ1) is 10.9. The summed E-state index contributed by atoms with van der Waals surface area (Å²) in [6.07, 6.45) is 1.30. The molecule has 1 heterocycles. The van der Waals surface area contributed by atoms with Crippen molar-refractivity contribution in [2.24, 2.45) is 0 Å². The van der Waals surface area contributed by atoms with Gasteiger partial charge in [-0.05, 0) is 35.8 Å². The number of nitrogens with one attached hydrogen (secondary N) is 1. The summed E-state index contributed by atoms with van der Waals surface area (Å²) in [6.45, 7) is 4.46. The molecule has 2 rings (SSSR count). The molecule has 0 aromatic heterocycles. The number of thioether (sulfide) groups is 1. The Morgan fingerprint density at radius 2 is 2.00 bits per heavy atom. The number of anilines is 1. The Bertz CT molecular complexity index is 299. The molecule has 1 aromatic rings. The van der Waals surface area contributed by atoms with Crippen molar-refractivity contribution < 1.29 is 0 Å². The Balaban J connectivity index is 1.97. The minimum atomic E-state index is 0.626. The van der Waals surface area contributed by atoms with Gasteiger partial charge in [0.1, 0.15) is 0 Å². The van der Waals surface area contributed by atoms with Gasteiger partial charge in [-0.3, -0.25) is 0 Å². The lowest BCUT2D eigenvalue weighted by Gasteiger charge is -2.13. The molecular formula is C13H19NS. The van der Waals surface area contributed by atoms with Crippen molar-refractivity contribution in [1.82, 2.24) is 0 Å². The fourth-order valence-corrected chi connectivity index (χ4v) is 3.00. The number of benzene rings is 1. The Morgan fingerprint density at radius 3 is 2.53 bits per heavy atom. The summed E-state index contributed by atoms with van der Waals surface area (Å²) in [5.74, 6) is 3.19. The van der Waals surface area contributed by atoms with E-state index in [2.05, 4.69) is 43.4 Å². The van der Waals surface area contributed by atoms with Gasteiger partial charge in [-0.25, -0.2) is 0 Å². The van der Waals surface area contributed by atoms with Crippen LogP contribution in [0, 0.1) is 0 Å². The number of rotatable bonds is 3. The number of hydrogen-bond donors (Lipinski definition) is 1. The molecule has 0 spiro atoms. The van der Waals surface area contributed by atoms with E-state index in [9.17, 15) is 0 Å². The summed E-state index contributed by atoms with van der Waals surface area (Å²) in [5.41, 5.74) is 2.69. The van der Waals surface area contributed by atoms with E-state index in [1.807, 2.05) is 11.8 Å². The van der Waals surface area contributed by atoms with Gasteiger partial charge in [-0.1, -0.05) is 26.0 Å². The van der Waals surface area contributed by atoms with Gasteiger partial charge in [0.15, 0.2) is 0 Å². The average Bonchev–Trinajstić information content (AvgIpc) is 2.71. The molecule has 82 valence electrons. The highest BCUT2D eigenvalue weighted by molar-refractivity contribution is 7.99. The molecule has 1 aliphatic rings. The maximum Gasteiger partial charge on any atom is 0.0359 e. The summed E-state index contributed by atoms with van der Waals surface area (Å²) in [6, 6.07) is 9.56. The molecule has 0 saturated carbocycles. The SMILES string of the molecule is CC(C)c1ccc(N[C@H]2CCSC2)cc1. The molecule has 0 bridgehead atoms. The predicted molar refractivity (Wildman–Crippen MR) is 69.9 cm³/mol. The maximum absolute atomic E-state index is 3.59. The van der Waals surface area contributed by atoms with E-state index in [1.54, 1.807) is 0 Å². The molecule has 1 atom stereocenters. The van der Waals surface area contributed by atoms with Gasteiger partial charge < -0.3 is 5.32 Å². The third-order valence-electron chi connectivity index (χ3n) is 2.88. The molecule has 1 aliphatic heterocycles. The van der Waals surface area contributed by atoms with Gasteiger partial charge in [0.05, 0.1) is 0 Å². The minimum absolute atomic E-state index is 0.626. The van der Waals surface area contributed by atoms with Crippen LogP contribution in [0.25, 0.3) is 0 Å². The van der Waals surface area contributed by atoms with E-state index < -0.39 is 0 Å². The van der Waals surface area contributed by atoms with E-state index in [4.69, 9.17) is 0 Å². The lowest BCUT2D eigenvalue weighted by molar-refractivity contribution is 0.812. The molecule has 1 saturated heterocycles. The zero-order valence-corrected chi connectivity index (χ0v) is 10.3. The third-order valence-corrected chi connectivity index (χ3v) is 4.04. The van der Waals surface area contributed by atoms with Gasteiger partial charge in [-0.15, -0.1) is 0 Å². The largest absolute Gasteiger partial charge is 0.381 e. The summed E-state index contributed by atoms with van der Waals surface area (Å²) in [5, 5.41) is 3.59. The highest BCUT2D eigenvalue weighted by Gasteiger charge is 2.14. The quantitative estimate of drug-likeness (QED) is 0.834. The molecule has 0 aliphatic carbocycles. The Hall–Kier alpha value is -0.630. The van der Waals surface area contributed by atoms with Gasteiger partial charge >= 0.3 is 0 Å². The molecule has 1 nitrogen and oxygen atoms in total. The van der Waals surface area contributed by atoms with Crippen molar-refractivity contribution in [3.05, 3.63) is 29.8 Å². The summed E-state index contributed by atoms with van der Waals surface area (Å²) >= 11 is 2.05. The topological polar surface area (TPSA) is 12.0 Å². The second-order valence-electron chi connectivity index (χ2n) is 4.48. The van der Waals surface area contributed by atoms with Crippen LogP contribution >= 0.6 is 11.8 Å². The van der Waals surface area contributed by atoms with Crippen LogP contribution in [-0.2, 0) is 0 Å². The van der Waals surface area contributed by atoms with Crippen LogP contribution in [0.2, 0.25) is 0 Å². The predicted octanol–water partition coefficient (Wildman–Crippen LogP) is 3.73. The Kier molecular flexibility index (Phi) is 3.57. The maximum atomic E-state index is 3.59. The van der Waals surface area contributed by atoms with Crippen molar-refractivity contribution in [3.8, 4) is 0 Å². The second-order valence-corrected chi connectivity index (χ2v) is 5.63. The Morgan fingerprint density at radius 1 is 1.27 bits per heavy atom. The van der Waals surface area contributed by atoms with Crippen LogP contribution in [-0.4, -0.2) is 17.5 Å². The van der Waals surface area contributed by atoms with Gasteiger partial charge in [0.25, 0.3) is 0 Å². The zero-order valence-electron chi connectivity index (χ0n) is 9.49. The summed E-state index contributed by atoms with van der Waals surface area (Å²) in [7, 11) is 0. The lowest BCUT2D eigenvalue weighted by atomic mass is 10.0. The van der Waals surface area contributed by atoms with Crippen molar-refractivity contribution in [2.45, 2.75) is 32.2 Å². The van der Waals surface area contributed by atoms with Crippen LogP contribution in [0.15, 0.2) is 24.3 Å². The third kappa shape index (κ3) is 2.91.